The number of nitrogens with zero attached hydrogens (tertiary/aromatic N) is 1. The van der Waals surface area contributed by atoms with Gasteiger partial charge in [-0.3, -0.25) is 0 Å². The summed E-state index contributed by atoms with van der Waals surface area (Å²) in [7, 11) is 0. The Labute approximate surface area is 153 Å². The fourth-order valence-electron chi connectivity index (χ4n) is 2.70. The number of aryl methyl sites for hydroxylation is 2. The van der Waals surface area contributed by atoms with Gasteiger partial charge in [0.15, 0.2) is 0 Å². The Balaban J connectivity index is 2.06. The highest BCUT2D eigenvalue weighted by Gasteiger charge is 2.23. The summed E-state index contributed by atoms with van der Waals surface area (Å²) in [5.74, 6) is -0.314. The summed E-state index contributed by atoms with van der Waals surface area (Å²) < 4.78 is 6.21. The Morgan fingerprint density at radius 3 is 2.83 bits per heavy atom. The van der Waals surface area contributed by atoms with Crippen LogP contribution in [0, 0.1) is 13.8 Å². The lowest BCUT2D eigenvalue weighted by Gasteiger charge is -2.04. The molecule has 0 saturated carbocycles. The third kappa shape index (κ3) is 3.16. The van der Waals surface area contributed by atoms with Crippen molar-refractivity contribution in [3.8, 4) is 21.8 Å². The SMILES string of the molecule is CCOC(=O)c1c(C)[nH]c(C)c1-c1csc(-c2cccc(Br)c2)n1. The molecule has 2 aromatic heterocycles. The predicted octanol–water partition coefficient (Wildman–Crippen LogP) is 5.36. The second-order valence-corrected chi connectivity index (χ2v) is 7.17. The van der Waals surface area contributed by atoms with Crippen LogP contribution in [-0.4, -0.2) is 22.5 Å². The van der Waals surface area contributed by atoms with E-state index in [9.17, 15) is 4.79 Å². The molecule has 0 aliphatic carbocycles. The minimum absolute atomic E-state index is 0.314. The molecule has 4 nitrogen and oxygen atoms in total. The Hall–Kier alpha value is -1.92. The van der Waals surface area contributed by atoms with Crippen molar-refractivity contribution in [2.75, 3.05) is 6.61 Å². The van der Waals surface area contributed by atoms with Crippen LogP contribution in [0.3, 0.4) is 0 Å². The van der Waals surface area contributed by atoms with Crippen molar-refractivity contribution in [2.45, 2.75) is 20.8 Å². The zero-order chi connectivity index (χ0) is 17.3. The van der Waals surface area contributed by atoms with Crippen LogP contribution in [-0.2, 0) is 4.74 Å². The Kier molecular flexibility index (Phi) is 4.87. The lowest BCUT2D eigenvalue weighted by Crippen LogP contribution is -2.06. The van der Waals surface area contributed by atoms with Gasteiger partial charge in [0.2, 0.25) is 0 Å². The summed E-state index contributed by atoms with van der Waals surface area (Å²) in [6.45, 7) is 5.98. The van der Waals surface area contributed by atoms with E-state index in [-0.39, 0.29) is 5.97 Å². The highest BCUT2D eigenvalue weighted by atomic mass is 79.9. The smallest absolute Gasteiger partial charge is 0.340 e. The third-order valence-corrected chi connectivity index (χ3v) is 5.07. The van der Waals surface area contributed by atoms with Gasteiger partial charge >= 0.3 is 5.97 Å². The first kappa shape index (κ1) is 16.9. The number of ether oxygens (including phenoxy) is 1. The summed E-state index contributed by atoms with van der Waals surface area (Å²) in [6, 6.07) is 8.02. The zero-order valence-electron chi connectivity index (χ0n) is 13.6. The summed E-state index contributed by atoms with van der Waals surface area (Å²) in [5, 5.41) is 2.90. The standard InChI is InChI=1S/C18H17BrN2O2S/c1-4-23-18(22)16-11(3)20-10(2)15(16)14-9-24-17(21-14)12-6-5-7-13(19)8-12/h5-9,20H,4H2,1-3H3. The normalized spacial score (nSPS) is 10.8. The molecule has 3 aromatic rings. The van der Waals surface area contributed by atoms with Gasteiger partial charge < -0.3 is 9.72 Å². The number of hydrogen-bond acceptors (Lipinski definition) is 4. The van der Waals surface area contributed by atoms with E-state index >= 15 is 0 Å². The second-order valence-electron chi connectivity index (χ2n) is 5.39. The molecule has 0 spiro atoms. The van der Waals surface area contributed by atoms with E-state index < -0.39 is 0 Å². The minimum Gasteiger partial charge on any atom is -0.462 e. The first-order valence-corrected chi connectivity index (χ1v) is 9.26. The van der Waals surface area contributed by atoms with Gasteiger partial charge in [0.05, 0.1) is 17.9 Å². The lowest BCUT2D eigenvalue weighted by molar-refractivity contribution is 0.0526. The molecule has 124 valence electrons. The largest absolute Gasteiger partial charge is 0.462 e. The number of halogens is 1. The number of aromatic nitrogens is 2. The predicted molar refractivity (Wildman–Crippen MR) is 100 cm³/mol. The van der Waals surface area contributed by atoms with Gasteiger partial charge in [0.25, 0.3) is 0 Å². The van der Waals surface area contributed by atoms with Gasteiger partial charge in [-0.05, 0) is 32.9 Å². The van der Waals surface area contributed by atoms with Crippen molar-refractivity contribution in [1.82, 2.24) is 9.97 Å². The number of esters is 1. The Morgan fingerprint density at radius 2 is 2.12 bits per heavy atom. The molecule has 0 fully saturated rings. The van der Waals surface area contributed by atoms with Crippen molar-refractivity contribution in [1.29, 1.82) is 0 Å². The minimum atomic E-state index is -0.314. The number of hydrogen-bond donors (Lipinski definition) is 1. The topological polar surface area (TPSA) is 55.0 Å². The zero-order valence-corrected chi connectivity index (χ0v) is 16.0. The van der Waals surface area contributed by atoms with Crippen LogP contribution in [0.15, 0.2) is 34.1 Å². The maximum atomic E-state index is 12.3. The van der Waals surface area contributed by atoms with E-state index in [2.05, 4.69) is 20.9 Å². The van der Waals surface area contributed by atoms with E-state index in [1.165, 1.54) is 0 Å². The maximum Gasteiger partial charge on any atom is 0.340 e. The van der Waals surface area contributed by atoms with E-state index in [0.29, 0.717) is 12.2 Å². The lowest BCUT2D eigenvalue weighted by atomic mass is 10.1. The number of benzene rings is 1. The van der Waals surface area contributed by atoms with Crippen molar-refractivity contribution < 1.29 is 9.53 Å². The number of aromatic amines is 1. The molecular weight excluding hydrogens is 388 g/mol. The quantitative estimate of drug-likeness (QED) is 0.595. The number of carbonyl (C=O) groups is 1. The van der Waals surface area contributed by atoms with Gasteiger partial charge in [-0.25, -0.2) is 9.78 Å². The second kappa shape index (κ2) is 6.91. The summed E-state index contributed by atoms with van der Waals surface area (Å²) in [4.78, 5) is 20.3. The molecule has 0 saturated heterocycles. The third-order valence-electron chi connectivity index (χ3n) is 3.69. The molecular formula is C18H17BrN2O2S. The van der Waals surface area contributed by atoms with Gasteiger partial charge in [0, 0.05) is 32.4 Å². The average Bonchev–Trinajstić information content (AvgIpc) is 3.11. The molecule has 24 heavy (non-hydrogen) atoms. The summed E-state index contributed by atoms with van der Waals surface area (Å²) in [6.07, 6.45) is 0. The van der Waals surface area contributed by atoms with Gasteiger partial charge in [0.1, 0.15) is 5.01 Å². The first-order valence-electron chi connectivity index (χ1n) is 7.59. The van der Waals surface area contributed by atoms with Crippen LogP contribution < -0.4 is 0 Å². The van der Waals surface area contributed by atoms with Crippen LogP contribution in [0.4, 0.5) is 0 Å². The average molecular weight is 405 g/mol. The molecule has 2 heterocycles. The van der Waals surface area contributed by atoms with Gasteiger partial charge in [-0.1, -0.05) is 28.1 Å². The van der Waals surface area contributed by atoms with Crippen molar-refractivity contribution >= 4 is 33.2 Å². The number of H-pyrrole nitrogens is 1. The maximum absolute atomic E-state index is 12.3. The van der Waals surface area contributed by atoms with E-state index in [1.54, 1.807) is 18.3 Å². The molecule has 6 heteroatoms. The molecule has 0 bridgehead atoms. The summed E-state index contributed by atoms with van der Waals surface area (Å²) in [5.41, 5.74) is 4.95. The van der Waals surface area contributed by atoms with E-state index in [4.69, 9.17) is 9.72 Å². The fraction of sp³-hybridized carbons (Fsp3) is 0.222. The number of carbonyl (C=O) groups excluding carboxylic acids is 1. The monoisotopic (exact) mass is 404 g/mol. The van der Waals surface area contributed by atoms with E-state index in [1.807, 2.05) is 43.5 Å². The Morgan fingerprint density at radius 1 is 1.33 bits per heavy atom. The van der Waals surface area contributed by atoms with Gasteiger partial charge in [-0.15, -0.1) is 11.3 Å². The van der Waals surface area contributed by atoms with Crippen molar-refractivity contribution in [3.05, 3.63) is 51.1 Å². The fourth-order valence-corrected chi connectivity index (χ4v) is 3.91. The number of thiazole rings is 1. The van der Waals surface area contributed by atoms with Crippen LogP contribution in [0.2, 0.25) is 0 Å². The van der Waals surface area contributed by atoms with E-state index in [0.717, 1.165) is 37.7 Å². The summed E-state index contributed by atoms with van der Waals surface area (Å²) >= 11 is 5.04. The van der Waals surface area contributed by atoms with Crippen molar-refractivity contribution in [2.24, 2.45) is 0 Å². The molecule has 0 amide bonds. The van der Waals surface area contributed by atoms with Gasteiger partial charge in [-0.2, -0.15) is 0 Å². The van der Waals surface area contributed by atoms with Crippen LogP contribution in [0.5, 0.6) is 0 Å². The van der Waals surface area contributed by atoms with Crippen LogP contribution in [0.25, 0.3) is 21.8 Å². The first-order chi connectivity index (χ1) is 11.5. The molecule has 0 atom stereocenters. The van der Waals surface area contributed by atoms with Crippen molar-refractivity contribution in [3.63, 3.8) is 0 Å². The molecule has 0 aliphatic heterocycles. The Bertz CT molecular complexity index is 898. The highest BCUT2D eigenvalue weighted by Crippen LogP contribution is 2.34. The molecule has 0 aliphatic rings. The molecule has 0 radical (unpaired) electrons. The highest BCUT2D eigenvalue weighted by molar-refractivity contribution is 9.10. The molecule has 1 aromatic carbocycles. The number of rotatable bonds is 4. The molecule has 1 N–H and O–H groups in total. The molecule has 3 rings (SSSR count). The van der Waals surface area contributed by atoms with Crippen LogP contribution in [0.1, 0.15) is 28.7 Å². The number of nitrogens with one attached hydrogen (secondary N) is 1. The van der Waals surface area contributed by atoms with Crippen LogP contribution >= 0.6 is 27.3 Å². The molecule has 0 unspecified atom stereocenters.